The zero-order valence-electron chi connectivity index (χ0n) is 13.6. The molecule has 0 spiro atoms. The number of halogens is 1. The van der Waals surface area contributed by atoms with E-state index in [4.69, 9.17) is 16.7 Å². The summed E-state index contributed by atoms with van der Waals surface area (Å²) in [4.78, 5) is 4.13. The van der Waals surface area contributed by atoms with E-state index in [0.717, 1.165) is 24.5 Å². The molecule has 0 amide bonds. The fourth-order valence-corrected chi connectivity index (χ4v) is 2.39. The van der Waals surface area contributed by atoms with E-state index < -0.39 is 0 Å². The molecule has 0 aliphatic carbocycles. The molecule has 0 unspecified atom stereocenters. The molecule has 0 atom stereocenters. The number of imidazole rings is 1. The molecule has 0 N–H and O–H groups in total. The fourth-order valence-electron chi connectivity index (χ4n) is 2.17. The van der Waals surface area contributed by atoms with Crippen LogP contribution in [0.2, 0.25) is 5.02 Å². The Morgan fingerprint density at radius 3 is 2.59 bits per heavy atom. The van der Waals surface area contributed by atoms with Crippen molar-refractivity contribution in [1.29, 1.82) is 0 Å². The minimum Gasteiger partial charge on any atom is -0.295 e. The molecule has 4 nitrogen and oxygen atoms in total. The van der Waals surface area contributed by atoms with Crippen LogP contribution in [0.3, 0.4) is 0 Å². The lowest BCUT2D eigenvalue weighted by Gasteiger charge is -2.27. The van der Waals surface area contributed by atoms with Crippen LogP contribution in [0.1, 0.15) is 33.3 Å². The van der Waals surface area contributed by atoms with E-state index in [1.165, 1.54) is 0 Å². The highest BCUT2D eigenvalue weighted by molar-refractivity contribution is 6.34. The van der Waals surface area contributed by atoms with Gasteiger partial charge < -0.3 is 0 Å². The summed E-state index contributed by atoms with van der Waals surface area (Å²) in [5.74, 6) is 0.786. The topological polar surface area (TPSA) is 33.4 Å². The van der Waals surface area contributed by atoms with Gasteiger partial charge in [-0.25, -0.2) is 4.98 Å². The Morgan fingerprint density at radius 1 is 1.32 bits per heavy atom. The quantitative estimate of drug-likeness (QED) is 0.483. The zero-order valence-corrected chi connectivity index (χ0v) is 14.4. The first-order chi connectivity index (χ1) is 10.4. The van der Waals surface area contributed by atoms with E-state index >= 15 is 0 Å². The van der Waals surface area contributed by atoms with Crippen molar-refractivity contribution in [2.45, 2.75) is 27.7 Å². The number of hydrazone groups is 1. The van der Waals surface area contributed by atoms with Crippen LogP contribution in [0.5, 0.6) is 0 Å². The lowest BCUT2D eigenvalue weighted by atomic mass is 9.97. The molecule has 0 saturated carbocycles. The predicted molar refractivity (Wildman–Crippen MR) is 92.3 cm³/mol. The Hall–Kier alpha value is -1.81. The molecule has 0 fully saturated rings. The van der Waals surface area contributed by atoms with Gasteiger partial charge in [-0.15, -0.1) is 0 Å². The summed E-state index contributed by atoms with van der Waals surface area (Å²) in [6.45, 7) is 10.4. The second kappa shape index (κ2) is 6.97. The van der Waals surface area contributed by atoms with Crippen LogP contribution < -0.4 is 0 Å². The van der Waals surface area contributed by atoms with Gasteiger partial charge in [0.2, 0.25) is 0 Å². The number of nitrogens with zero attached hydrogens (tertiary/aromatic N) is 4. The zero-order chi connectivity index (χ0) is 16.2. The second-order valence-corrected chi connectivity index (χ2v) is 6.82. The monoisotopic (exact) mass is 318 g/mol. The molecule has 22 heavy (non-hydrogen) atoms. The predicted octanol–water partition coefficient (Wildman–Crippen LogP) is 4.11. The summed E-state index contributed by atoms with van der Waals surface area (Å²) in [6, 6.07) is 7.74. The van der Waals surface area contributed by atoms with Gasteiger partial charge in [-0.05, 0) is 24.5 Å². The standard InChI is InChI=1S/C17H23ClN4/c1-5-22(12-17(2,3)4)20-16(21-11-10-19-13-21)14-8-6-7-9-15(14)18/h6-11,13H,5,12H2,1-4H3. The van der Waals surface area contributed by atoms with Gasteiger partial charge in [-0.3, -0.25) is 9.58 Å². The van der Waals surface area contributed by atoms with Crippen molar-refractivity contribution in [2.75, 3.05) is 13.1 Å². The number of rotatable bonds is 4. The summed E-state index contributed by atoms with van der Waals surface area (Å²) in [7, 11) is 0. The average Bonchev–Trinajstić information content (AvgIpc) is 2.97. The van der Waals surface area contributed by atoms with E-state index in [1.54, 1.807) is 12.5 Å². The first-order valence-electron chi connectivity index (χ1n) is 7.47. The molecule has 0 bridgehead atoms. The highest BCUT2D eigenvalue weighted by Crippen LogP contribution is 2.19. The number of hydrogen-bond donors (Lipinski definition) is 0. The van der Waals surface area contributed by atoms with Gasteiger partial charge in [0, 0.05) is 31.0 Å². The maximum Gasteiger partial charge on any atom is 0.166 e. The number of aromatic nitrogens is 2. The molecule has 1 heterocycles. The Morgan fingerprint density at radius 2 is 2.05 bits per heavy atom. The van der Waals surface area contributed by atoms with Gasteiger partial charge in [0.25, 0.3) is 0 Å². The van der Waals surface area contributed by atoms with E-state index in [2.05, 4.69) is 37.7 Å². The summed E-state index contributed by atoms with van der Waals surface area (Å²) in [5, 5.41) is 7.59. The SMILES string of the molecule is CCN(CC(C)(C)C)N=C(c1ccccc1Cl)n1ccnc1. The number of hydrogen-bond acceptors (Lipinski definition) is 3. The van der Waals surface area contributed by atoms with E-state index in [-0.39, 0.29) is 5.41 Å². The summed E-state index contributed by atoms with van der Waals surface area (Å²) in [5.41, 5.74) is 1.06. The second-order valence-electron chi connectivity index (χ2n) is 6.41. The third-order valence-electron chi connectivity index (χ3n) is 3.12. The average molecular weight is 319 g/mol. The molecule has 2 rings (SSSR count). The molecule has 0 radical (unpaired) electrons. The van der Waals surface area contributed by atoms with Gasteiger partial charge in [-0.1, -0.05) is 44.5 Å². The molecule has 1 aromatic heterocycles. The Bertz CT molecular complexity index is 626. The smallest absolute Gasteiger partial charge is 0.166 e. The largest absolute Gasteiger partial charge is 0.295 e. The Labute approximate surface area is 137 Å². The van der Waals surface area contributed by atoms with Crippen molar-refractivity contribution in [2.24, 2.45) is 10.5 Å². The molecular formula is C17H23ClN4. The van der Waals surface area contributed by atoms with Crippen molar-refractivity contribution in [3.63, 3.8) is 0 Å². The van der Waals surface area contributed by atoms with E-state index in [9.17, 15) is 0 Å². The van der Waals surface area contributed by atoms with Crippen molar-refractivity contribution in [1.82, 2.24) is 14.6 Å². The van der Waals surface area contributed by atoms with Gasteiger partial charge in [0.05, 0.1) is 5.02 Å². The maximum absolute atomic E-state index is 6.36. The third kappa shape index (κ3) is 4.34. The minimum absolute atomic E-state index is 0.167. The first-order valence-corrected chi connectivity index (χ1v) is 7.85. The lowest BCUT2D eigenvalue weighted by molar-refractivity contribution is 0.206. The van der Waals surface area contributed by atoms with Gasteiger partial charge in [0.15, 0.2) is 5.84 Å². The Kier molecular flexibility index (Phi) is 5.24. The third-order valence-corrected chi connectivity index (χ3v) is 3.45. The van der Waals surface area contributed by atoms with E-state index in [1.807, 2.05) is 35.0 Å². The summed E-state index contributed by atoms with van der Waals surface area (Å²) in [6.07, 6.45) is 5.37. The van der Waals surface area contributed by atoms with Crippen LogP contribution in [0.4, 0.5) is 0 Å². The van der Waals surface area contributed by atoms with Gasteiger partial charge in [-0.2, -0.15) is 5.10 Å². The molecule has 2 aromatic rings. The summed E-state index contributed by atoms with van der Waals surface area (Å²) >= 11 is 6.36. The number of benzene rings is 1. The molecule has 0 aliphatic heterocycles. The van der Waals surface area contributed by atoms with Gasteiger partial charge >= 0.3 is 0 Å². The van der Waals surface area contributed by atoms with Crippen molar-refractivity contribution < 1.29 is 0 Å². The lowest BCUT2D eigenvalue weighted by Crippen LogP contribution is -2.31. The van der Waals surface area contributed by atoms with Crippen molar-refractivity contribution in [3.05, 3.63) is 53.6 Å². The first kappa shape index (κ1) is 16.6. The van der Waals surface area contributed by atoms with E-state index in [0.29, 0.717) is 5.02 Å². The van der Waals surface area contributed by atoms with Crippen molar-refractivity contribution >= 4 is 17.4 Å². The van der Waals surface area contributed by atoms with Crippen LogP contribution >= 0.6 is 11.6 Å². The molecule has 1 aromatic carbocycles. The van der Waals surface area contributed by atoms with Crippen LogP contribution in [-0.4, -0.2) is 33.5 Å². The van der Waals surface area contributed by atoms with Gasteiger partial charge in [0.1, 0.15) is 6.33 Å². The molecule has 5 heteroatoms. The molecule has 0 aliphatic rings. The fraction of sp³-hybridized carbons (Fsp3) is 0.412. The van der Waals surface area contributed by atoms with Crippen LogP contribution in [-0.2, 0) is 0 Å². The highest BCUT2D eigenvalue weighted by atomic mass is 35.5. The summed E-state index contributed by atoms with van der Waals surface area (Å²) < 4.78 is 1.90. The van der Waals surface area contributed by atoms with Crippen LogP contribution in [0, 0.1) is 5.41 Å². The van der Waals surface area contributed by atoms with Crippen LogP contribution in [0.25, 0.3) is 0 Å². The molecule has 118 valence electrons. The molecular weight excluding hydrogens is 296 g/mol. The Balaban J connectivity index is 2.45. The molecule has 0 saturated heterocycles. The normalized spacial score (nSPS) is 12.5. The maximum atomic E-state index is 6.36. The van der Waals surface area contributed by atoms with Crippen molar-refractivity contribution in [3.8, 4) is 0 Å². The van der Waals surface area contributed by atoms with Crippen LogP contribution in [0.15, 0.2) is 48.1 Å². The minimum atomic E-state index is 0.167. The highest BCUT2D eigenvalue weighted by Gasteiger charge is 2.17.